The Labute approximate surface area is 138 Å². The molecule has 3 unspecified atom stereocenters. The van der Waals surface area contributed by atoms with Gasteiger partial charge in [0.25, 0.3) is 5.91 Å². The van der Waals surface area contributed by atoms with Crippen molar-refractivity contribution in [3.63, 3.8) is 0 Å². The normalized spacial score (nSPS) is 28.2. The molecule has 2 aliphatic rings. The molecule has 0 aromatic carbocycles. The number of nitrogens with zero attached hydrogens (tertiary/aromatic N) is 2. The smallest absolute Gasteiger partial charge is 0.272 e. The van der Waals surface area contributed by atoms with E-state index in [4.69, 9.17) is 9.47 Å². The summed E-state index contributed by atoms with van der Waals surface area (Å²) in [6.45, 7) is 9.05. The first-order chi connectivity index (χ1) is 10.8. The van der Waals surface area contributed by atoms with Crippen molar-refractivity contribution < 1.29 is 14.3 Å². The molecule has 5 nitrogen and oxygen atoms in total. The number of aromatic nitrogens is 1. The highest BCUT2D eigenvalue weighted by Gasteiger charge is 2.61. The van der Waals surface area contributed by atoms with Crippen LogP contribution in [-0.2, 0) is 4.74 Å². The maximum Gasteiger partial charge on any atom is 0.272 e. The number of carbonyl (C=O) groups is 1. The molecule has 0 spiro atoms. The van der Waals surface area contributed by atoms with Crippen molar-refractivity contribution in [3.8, 4) is 5.88 Å². The Kier molecular flexibility index (Phi) is 4.08. The van der Waals surface area contributed by atoms with Crippen LogP contribution in [0, 0.1) is 11.3 Å². The molecule has 1 aromatic heterocycles. The zero-order valence-electron chi connectivity index (χ0n) is 14.6. The number of hydrogen-bond donors (Lipinski definition) is 0. The Morgan fingerprint density at radius 2 is 2.17 bits per heavy atom. The molecule has 3 rings (SSSR count). The summed E-state index contributed by atoms with van der Waals surface area (Å²) in [5, 5.41) is 0. The fourth-order valence-corrected chi connectivity index (χ4v) is 4.23. The minimum Gasteiger partial charge on any atom is -0.475 e. The van der Waals surface area contributed by atoms with Crippen LogP contribution in [0.4, 0.5) is 0 Å². The van der Waals surface area contributed by atoms with Gasteiger partial charge >= 0.3 is 0 Å². The second-order valence-corrected chi connectivity index (χ2v) is 7.45. The fraction of sp³-hybridized carbons (Fsp3) is 0.667. The lowest BCUT2D eigenvalue weighted by molar-refractivity contribution is -0.139. The Bertz CT molecular complexity index is 600. The zero-order valence-corrected chi connectivity index (χ0v) is 14.6. The Balaban J connectivity index is 1.78. The quantitative estimate of drug-likeness (QED) is 0.856. The molecule has 0 radical (unpaired) electrons. The van der Waals surface area contributed by atoms with Gasteiger partial charge in [0.05, 0.1) is 12.2 Å². The van der Waals surface area contributed by atoms with Crippen molar-refractivity contribution in [2.45, 2.75) is 52.4 Å². The standard InChI is InChI=1S/C18H26N2O3/c1-11(2)23-14-8-6-7-13(19-14)17(21)20(5)15-12-9-10-22-16(12)18(15,3)4/h6-8,11-12,15-16H,9-10H2,1-5H3. The number of pyridine rings is 1. The van der Waals surface area contributed by atoms with Crippen molar-refractivity contribution in [2.75, 3.05) is 13.7 Å². The van der Waals surface area contributed by atoms with Crippen molar-refractivity contribution >= 4 is 5.91 Å². The van der Waals surface area contributed by atoms with Crippen molar-refractivity contribution in [1.82, 2.24) is 9.88 Å². The number of carbonyl (C=O) groups excluding carboxylic acids is 1. The van der Waals surface area contributed by atoms with E-state index in [1.54, 1.807) is 12.1 Å². The average molecular weight is 318 g/mol. The summed E-state index contributed by atoms with van der Waals surface area (Å²) < 4.78 is 11.4. The second kappa shape index (κ2) is 5.78. The van der Waals surface area contributed by atoms with E-state index in [2.05, 4.69) is 18.8 Å². The first-order valence-corrected chi connectivity index (χ1v) is 8.35. The average Bonchev–Trinajstić information content (AvgIpc) is 2.92. The maximum absolute atomic E-state index is 12.9. The molecule has 0 bridgehead atoms. The third-order valence-electron chi connectivity index (χ3n) is 5.08. The van der Waals surface area contributed by atoms with Gasteiger partial charge in [0.1, 0.15) is 5.69 Å². The third kappa shape index (κ3) is 2.71. The van der Waals surface area contributed by atoms with E-state index >= 15 is 0 Å². The molecule has 126 valence electrons. The maximum atomic E-state index is 12.9. The van der Waals surface area contributed by atoms with Crippen LogP contribution in [0.25, 0.3) is 0 Å². The summed E-state index contributed by atoms with van der Waals surface area (Å²) in [5.41, 5.74) is 0.418. The van der Waals surface area contributed by atoms with E-state index in [1.165, 1.54) is 0 Å². The highest BCUT2D eigenvalue weighted by Crippen LogP contribution is 2.54. The van der Waals surface area contributed by atoms with Crippen LogP contribution in [0.1, 0.15) is 44.6 Å². The third-order valence-corrected chi connectivity index (χ3v) is 5.08. The van der Waals surface area contributed by atoms with E-state index in [0.717, 1.165) is 13.0 Å². The van der Waals surface area contributed by atoms with Gasteiger partial charge in [-0.2, -0.15) is 0 Å². The van der Waals surface area contributed by atoms with Gasteiger partial charge in [-0.15, -0.1) is 0 Å². The minimum atomic E-state index is -0.0531. The van der Waals surface area contributed by atoms with Crippen LogP contribution in [0.3, 0.4) is 0 Å². The number of fused-ring (bicyclic) bond motifs is 1. The minimum absolute atomic E-state index is 0.0163. The molecule has 1 saturated heterocycles. The molecule has 1 aliphatic carbocycles. The zero-order chi connectivity index (χ0) is 16.8. The predicted octanol–water partition coefficient (Wildman–Crippen LogP) is 2.75. The summed E-state index contributed by atoms with van der Waals surface area (Å²) >= 11 is 0. The molecule has 5 heteroatoms. The van der Waals surface area contributed by atoms with Gasteiger partial charge in [0.2, 0.25) is 5.88 Å². The molecule has 1 amide bonds. The van der Waals surface area contributed by atoms with Crippen LogP contribution >= 0.6 is 0 Å². The molecular formula is C18H26N2O3. The van der Waals surface area contributed by atoms with Crippen molar-refractivity contribution in [1.29, 1.82) is 0 Å². The van der Waals surface area contributed by atoms with Gasteiger partial charge in [0, 0.05) is 37.1 Å². The Morgan fingerprint density at radius 1 is 1.43 bits per heavy atom. The van der Waals surface area contributed by atoms with E-state index in [-0.39, 0.29) is 29.6 Å². The van der Waals surface area contributed by atoms with Gasteiger partial charge in [-0.05, 0) is 26.3 Å². The van der Waals surface area contributed by atoms with Gasteiger partial charge < -0.3 is 14.4 Å². The lowest BCUT2D eigenvalue weighted by Crippen LogP contribution is -2.66. The topological polar surface area (TPSA) is 51.7 Å². The van der Waals surface area contributed by atoms with E-state index < -0.39 is 0 Å². The number of rotatable bonds is 4. The first kappa shape index (κ1) is 16.2. The predicted molar refractivity (Wildman–Crippen MR) is 87.5 cm³/mol. The van der Waals surface area contributed by atoms with Gasteiger partial charge in [-0.1, -0.05) is 19.9 Å². The summed E-state index contributed by atoms with van der Waals surface area (Å²) in [4.78, 5) is 19.1. The van der Waals surface area contributed by atoms with Crippen LogP contribution in [-0.4, -0.2) is 47.7 Å². The molecule has 23 heavy (non-hydrogen) atoms. The largest absolute Gasteiger partial charge is 0.475 e. The summed E-state index contributed by atoms with van der Waals surface area (Å²) in [7, 11) is 1.88. The van der Waals surface area contributed by atoms with Gasteiger partial charge in [-0.25, -0.2) is 4.98 Å². The van der Waals surface area contributed by atoms with Crippen molar-refractivity contribution in [3.05, 3.63) is 23.9 Å². The molecule has 1 saturated carbocycles. The molecule has 3 atom stereocenters. The van der Waals surface area contributed by atoms with Gasteiger partial charge in [-0.3, -0.25) is 4.79 Å². The van der Waals surface area contributed by atoms with Gasteiger partial charge in [0.15, 0.2) is 0 Å². The summed E-state index contributed by atoms with van der Waals surface area (Å²) in [6.07, 6.45) is 1.33. The van der Waals surface area contributed by atoms with E-state index in [1.807, 2.05) is 31.9 Å². The van der Waals surface area contributed by atoms with Crippen LogP contribution in [0.15, 0.2) is 18.2 Å². The molecule has 0 N–H and O–H groups in total. The lowest BCUT2D eigenvalue weighted by atomic mass is 9.57. The second-order valence-electron chi connectivity index (χ2n) is 7.45. The SMILES string of the molecule is CC(C)Oc1cccc(C(=O)N(C)C2C3CCOC3C2(C)C)n1. The summed E-state index contributed by atoms with van der Waals surface area (Å²) in [5.74, 6) is 0.880. The number of amides is 1. The molecular weight excluding hydrogens is 292 g/mol. The number of ether oxygens (including phenoxy) is 2. The highest BCUT2D eigenvalue weighted by atomic mass is 16.5. The molecule has 2 heterocycles. The highest BCUT2D eigenvalue weighted by molar-refractivity contribution is 5.92. The monoisotopic (exact) mass is 318 g/mol. The Morgan fingerprint density at radius 3 is 2.87 bits per heavy atom. The summed E-state index contributed by atoms with van der Waals surface area (Å²) in [6, 6.07) is 5.55. The number of hydrogen-bond acceptors (Lipinski definition) is 4. The van der Waals surface area contributed by atoms with E-state index in [9.17, 15) is 4.79 Å². The Hall–Kier alpha value is -1.62. The van der Waals surface area contributed by atoms with Crippen molar-refractivity contribution in [2.24, 2.45) is 11.3 Å². The van der Waals surface area contributed by atoms with Crippen LogP contribution in [0.2, 0.25) is 0 Å². The first-order valence-electron chi connectivity index (χ1n) is 8.35. The van der Waals surface area contributed by atoms with Crippen LogP contribution in [0.5, 0.6) is 5.88 Å². The lowest BCUT2D eigenvalue weighted by Gasteiger charge is -2.57. The van der Waals surface area contributed by atoms with Crippen LogP contribution < -0.4 is 4.74 Å². The van der Waals surface area contributed by atoms with E-state index in [0.29, 0.717) is 17.5 Å². The fourth-order valence-electron chi connectivity index (χ4n) is 4.23. The molecule has 1 aliphatic heterocycles. The molecule has 2 fully saturated rings. The molecule has 1 aromatic rings.